The van der Waals surface area contributed by atoms with E-state index in [2.05, 4.69) is 25.4 Å². The lowest BCUT2D eigenvalue weighted by molar-refractivity contribution is 0.126. The molecule has 0 saturated carbocycles. The van der Waals surface area contributed by atoms with Gasteiger partial charge in [0.1, 0.15) is 6.33 Å². The molecule has 0 radical (unpaired) electrons. The predicted molar refractivity (Wildman–Crippen MR) is 68.6 cm³/mol. The van der Waals surface area contributed by atoms with Crippen molar-refractivity contribution in [1.29, 1.82) is 0 Å². The Labute approximate surface area is 106 Å². The van der Waals surface area contributed by atoms with Crippen LogP contribution in [0.1, 0.15) is 0 Å². The maximum atomic E-state index is 5.48. The molecule has 0 spiro atoms. The lowest BCUT2D eigenvalue weighted by Crippen LogP contribution is -2.20. The van der Waals surface area contributed by atoms with Crippen molar-refractivity contribution in [2.24, 2.45) is 0 Å². The number of nitrogens with one attached hydrogen (secondary N) is 1. The van der Waals surface area contributed by atoms with E-state index in [0.29, 0.717) is 13.2 Å². The summed E-state index contributed by atoms with van der Waals surface area (Å²) in [7, 11) is 4.05. The Morgan fingerprint density at radius 1 is 1.39 bits per heavy atom. The highest BCUT2D eigenvalue weighted by Gasteiger charge is 2.03. The van der Waals surface area contributed by atoms with E-state index in [1.807, 2.05) is 24.7 Å². The van der Waals surface area contributed by atoms with E-state index in [-0.39, 0.29) is 0 Å². The summed E-state index contributed by atoms with van der Waals surface area (Å²) >= 11 is 0. The van der Waals surface area contributed by atoms with Crippen LogP contribution in [-0.2, 0) is 4.74 Å². The number of anilines is 1. The highest BCUT2D eigenvalue weighted by Crippen LogP contribution is 2.08. The molecule has 98 valence electrons. The monoisotopic (exact) mass is 250 g/mol. The van der Waals surface area contributed by atoms with Gasteiger partial charge in [0.25, 0.3) is 0 Å². The summed E-state index contributed by atoms with van der Waals surface area (Å²) < 4.78 is 7.31. The molecule has 2 rings (SSSR count). The maximum Gasteiger partial charge on any atom is 0.203 e. The van der Waals surface area contributed by atoms with Gasteiger partial charge in [-0.25, -0.2) is 4.98 Å². The van der Waals surface area contributed by atoms with Crippen LogP contribution in [-0.4, -0.2) is 64.9 Å². The van der Waals surface area contributed by atoms with Gasteiger partial charge in [-0.2, -0.15) is 0 Å². The normalized spacial score (nSPS) is 11.3. The third-order valence-electron chi connectivity index (χ3n) is 2.44. The Morgan fingerprint density at radius 2 is 2.28 bits per heavy atom. The minimum atomic E-state index is 0.644. The summed E-state index contributed by atoms with van der Waals surface area (Å²) in [5.74, 6) is 0.728. The third kappa shape index (κ3) is 3.38. The number of aromatic nitrogens is 4. The van der Waals surface area contributed by atoms with E-state index >= 15 is 0 Å². The summed E-state index contributed by atoms with van der Waals surface area (Å²) in [6.45, 7) is 3.01. The molecule has 0 aliphatic carbocycles. The van der Waals surface area contributed by atoms with Gasteiger partial charge in [-0.05, 0) is 14.1 Å². The topological polar surface area (TPSA) is 67.6 Å². The summed E-state index contributed by atoms with van der Waals surface area (Å²) in [6, 6.07) is 0. The van der Waals surface area contributed by atoms with Gasteiger partial charge < -0.3 is 15.0 Å². The van der Waals surface area contributed by atoms with E-state index in [9.17, 15) is 0 Å². The summed E-state index contributed by atoms with van der Waals surface area (Å²) in [6.07, 6.45) is 5.18. The number of nitrogens with zero attached hydrogens (tertiary/aromatic N) is 5. The fourth-order valence-corrected chi connectivity index (χ4v) is 1.47. The average Bonchev–Trinajstić information content (AvgIpc) is 2.82. The number of fused-ring (bicyclic) bond motifs is 1. The van der Waals surface area contributed by atoms with E-state index < -0.39 is 0 Å². The van der Waals surface area contributed by atoms with Gasteiger partial charge in [-0.15, -0.1) is 10.2 Å². The van der Waals surface area contributed by atoms with Crippen molar-refractivity contribution >= 4 is 11.5 Å². The van der Waals surface area contributed by atoms with Crippen LogP contribution in [0.25, 0.3) is 5.65 Å². The van der Waals surface area contributed by atoms with Crippen molar-refractivity contribution in [2.75, 3.05) is 45.7 Å². The molecule has 2 heterocycles. The zero-order valence-corrected chi connectivity index (χ0v) is 10.7. The molecule has 0 aliphatic rings. The molecule has 0 aromatic carbocycles. The van der Waals surface area contributed by atoms with Crippen LogP contribution in [0, 0.1) is 0 Å². The lowest BCUT2D eigenvalue weighted by Gasteiger charge is -2.10. The largest absolute Gasteiger partial charge is 0.378 e. The van der Waals surface area contributed by atoms with Crippen LogP contribution >= 0.6 is 0 Å². The highest BCUT2D eigenvalue weighted by atomic mass is 16.5. The standard InChI is InChI=1S/C11H18N6O/c1-16(2)6-8-18-7-4-13-10-11-15-14-9-17(11)5-3-12-10/h3,5,9H,4,6-8H2,1-2H3,(H,12,13). The molecule has 0 bridgehead atoms. The van der Waals surface area contributed by atoms with Gasteiger partial charge in [0.05, 0.1) is 13.2 Å². The van der Waals surface area contributed by atoms with Crippen molar-refractivity contribution < 1.29 is 4.74 Å². The van der Waals surface area contributed by atoms with Crippen LogP contribution in [0.3, 0.4) is 0 Å². The number of hydrogen-bond acceptors (Lipinski definition) is 6. The first-order valence-corrected chi connectivity index (χ1v) is 5.88. The Morgan fingerprint density at radius 3 is 3.11 bits per heavy atom. The first-order valence-electron chi connectivity index (χ1n) is 5.88. The van der Waals surface area contributed by atoms with Crippen molar-refractivity contribution in [3.63, 3.8) is 0 Å². The average molecular weight is 250 g/mol. The molecule has 0 atom stereocenters. The van der Waals surface area contributed by atoms with Crippen LogP contribution < -0.4 is 5.32 Å². The van der Waals surface area contributed by atoms with Gasteiger partial charge in [0, 0.05) is 25.5 Å². The molecule has 18 heavy (non-hydrogen) atoms. The van der Waals surface area contributed by atoms with Crippen molar-refractivity contribution in [3.8, 4) is 0 Å². The zero-order valence-electron chi connectivity index (χ0n) is 10.7. The predicted octanol–water partition coefficient (Wildman–Crippen LogP) is 0.114. The lowest BCUT2D eigenvalue weighted by atomic mass is 10.5. The molecule has 2 aromatic heterocycles. The Hall–Kier alpha value is -1.73. The third-order valence-corrected chi connectivity index (χ3v) is 2.44. The van der Waals surface area contributed by atoms with E-state index in [4.69, 9.17) is 4.74 Å². The molecular formula is C11H18N6O. The van der Waals surface area contributed by atoms with E-state index in [1.165, 1.54) is 0 Å². The molecule has 0 aliphatic heterocycles. The van der Waals surface area contributed by atoms with Crippen molar-refractivity contribution in [3.05, 3.63) is 18.7 Å². The quantitative estimate of drug-likeness (QED) is 0.704. The number of ether oxygens (including phenoxy) is 1. The van der Waals surface area contributed by atoms with E-state index in [0.717, 1.165) is 24.6 Å². The fourth-order valence-electron chi connectivity index (χ4n) is 1.47. The minimum Gasteiger partial charge on any atom is -0.378 e. The summed E-state index contributed by atoms with van der Waals surface area (Å²) in [5.41, 5.74) is 0.728. The molecule has 1 N–H and O–H groups in total. The first-order chi connectivity index (χ1) is 8.77. The second-order valence-corrected chi connectivity index (χ2v) is 4.18. The summed E-state index contributed by atoms with van der Waals surface area (Å²) in [4.78, 5) is 6.32. The van der Waals surface area contributed by atoms with Crippen LogP contribution in [0.5, 0.6) is 0 Å². The van der Waals surface area contributed by atoms with Gasteiger partial charge in [-0.3, -0.25) is 4.40 Å². The summed E-state index contributed by atoms with van der Waals surface area (Å²) in [5, 5.41) is 11.0. The molecule has 7 heteroatoms. The zero-order chi connectivity index (χ0) is 12.8. The minimum absolute atomic E-state index is 0.644. The Balaban J connectivity index is 1.75. The van der Waals surface area contributed by atoms with Gasteiger partial charge in [0.2, 0.25) is 5.65 Å². The fraction of sp³-hybridized carbons (Fsp3) is 0.545. The SMILES string of the molecule is CN(C)CCOCCNc1nccn2cnnc12. The number of rotatable bonds is 7. The van der Waals surface area contributed by atoms with Crippen LogP contribution in [0.15, 0.2) is 18.7 Å². The second kappa shape index (κ2) is 6.27. The molecule has 0 saturated heterocycles. The molecule has 2 aromatic rings. The molecule has 0 unspecified atom stereocenters. The highest BCUT2D eigenvalue weighted by molar-refractivity contribution is 5.61. The number of likely N-dealkylation sites (N-methyl/N-ethyl adjacent to an activating group) is 1. The van der Waals surface area contributed by atoms with Gasteiger partial charge in [0.15, 0.2) is 5.82 Å². The number of hydrogen-bond donors (Lipinski definition) is 1. The first kappa shape index (κ1) is 12.7. The van der Waals surface area contributed by atoms with Gasteiger partial charge in [-0.1, -0.05) is 0 Å². The van der Waals surface area contributed by atoms with Gasteiger partial charge >= 0.3 is 0 Å². The van der Waals surface area contributed by atoms with Crippen molar-refractivity contribution in [2.45, 2.75) is 0 Å². The molecule has 0 fully saturated rings. The smallest absolute Gasteiger partial charge is 0.203 e. The van der Waals surface area contributed by atoms with Crippen LogP contribution in [0.2, 0.25) is 0 Å². The molecule has 7 nitrogen and oxygen atoms in total. The second-order valence-electron chi connectivity index (χ2n) is 4.18. The van der Waals surface area contributed by atoms with E-state index in [1.54, 1.807) is 12.5 Å². The van der Waals surface area contributed by atoms with Crippen LogP contribution in [0.4, 0.5) is 5.82 Å². The Kier molecular flexibility index (Phi) is 4.43. The maximum absolute atomic E-state index is 5.48. The molecular weight excluding hydrogens is 232 g/mol. The molecule has 0 amide bonds. The van der Waals surface area contributed by atoms with Crippen molar-refractivity contribution in [1.82, 2.24) is 24.5 Å². The Bertz CT molecular complexity index is 483.